The molecule has 0 radical (unpaired) electrons. The Balaban J connectivity index is 2.20. The second-order valence-corrected chi connectivity index (χ2v) is 9.40. The molecule has 1 saturated heterocycles. The molecule has 0 bridgehead atoms. The Bertz CT molecular complexity index is 642. The van der Waals surface area contributed by atoms with Gasteiger partial charge in [0.1, 0.15) is 0 Å². The fraction of sp³-hybridized carbons (Fsp3) is 0.679. The highest BCUT2D eigenvalue weighted by Crippen LogP contribution is 2.14. The summed E-state index contributed by atoms with van der Waals surface area (Å²) in [6, 6.07) is 0. The van der Waals surface area contributed by atoms with Crippen LogP contribution in [0.25, 0.3) is 0 Å². The lowest BCUT2D eigenvalue weighted by atomic mass is 10.0. The quantitative estimate of drug-likeness (QED) is 0.293. The predicted octanol–water partition coefficient (Wildman–Crippen LogP) is 7.08. The van der Waals surface area contributed by atoms with Crippen LogP contribution in [0.3, 0.4) is 0 Å². The van der Waals surface area contributed by atoms with Gasteiger partial charge in [0.2, 0.25) is 5.91 Å². The number of likely N-dealkylation sites (N-methyl/N-ethyl adjacent to an activating group) is 1. The molecule has 0 spiro atoms. The summed E-state index contributed by atoms with van der Waals surface area (Å²) >= 11 is 0. The molecule has 1 rings (SSSR count). The van der Waals surface area contributed by atoms with E-state index in [9.17, 15) is 4.79 Å². The summed E-state index contributed by atoms with van der Waals surface area (Å²) in [5.41, 5.74) is 5.81. The summed E-state index contributed by atoms with van der Waals surface area (Å²) in [5.74, 6) is 0.319. The van der Waals surface area contributed by atoms with Crippen molar-refractivity contribution in [3.05, 3.63) is 46.6 Å². The molecule has 1 aliphatic rings. The van der Waals surface area contributed by atoms with Gasteiger partial charge in [-0.1, -0.05) is 53.5 Å². The lowest BCUT2D eigenvalue weighted by Crippen LogP contribution is -2.48. The highest BCUT2D eigenvalue weighted by atomic mass is 16.2. The zero-order chi connectivity index (χ0) is 23.1. The minimum absolute atomic E-state index is 0.319. The first-order chi connectivity index (χ1) is 14.8. The highest BCUT2D eigenvalue weighted by Gasteiger charge is 2.19. The van der Waals surface area contributed by atoms with Crippen molar-refractivity contribution in [1.82, 2.24) is 9.80 Å². The largest absolute Gasteiger partial charge is 0.340 e. The molecule has 1 aliphatic heterocycles. The molecule has 0 aromatic rings. The molecule has 0 atom stereocenters. The molecule has 0 aromatic carbocycles. The van der Waals surface area contributed by atoms with Crippen molar-refractivity contribution in [2.75, 3.05) is 32.7 Å². The average molecular weight is 429 g/mol. The molecule has 3 heteroatoms. The van der Waals surface area contributed by atoms with E-state index in [0.29, 0.717) is 12.3 Å². The maximum atomic E-state index is 12.4. The molecule has 0 unspecified atom stereocenters. The van der Waals surface area contributed by atoms with E-state index in [1.807, 2.05) is 4.90 Å². The first kappa shape index (κ1) is 27.4. The number of carbonyl (C=O) groups excluding carboxylic acids is 1. The molecule has 3 nitrogen and oxygen atoms in total. The molecule has 1 fully saturated rings. The van der Waals surface area contributed by atoms with Crippen LogP contribution in [0.5, 0.6) is 0 Å². The van der Waals surface area contributed by atoms with Gasteiger partial charge in [0.05, 0.1) is 0 Å². The first-order valence-electron chi connectivity index (χ1n) is 12.4. The maximum Gasteiger partial charge on any atom is 0.222 e. The van der Waals surface area contributed by atoms with Crippen LogP contribution in [0, 0.1) is 0 Å². The molecule has 0 aromatic heterocycles. The molecule has 176 valence electrons. The van der Waals surface area contributed by atoms with E-state index in [2.05, 4.69) is 70.7 Å². The number of hydrogen-bond donors (Lipinski definition) is 0. The molecular weight excluding hydrogens is 380 g/mol. The number of amides is 1. The minimum atomic E-state index is 0.319. The van der Waals surface area contributed by atoms with E-state index in [4.69, 9.17) is 0 Å². The van der Waals surface area contributed by atoms with E-state index >= 15 is 0 Å². The van der Waals surface area contributed by atoms with Crippen LogP contribution in [-0.2, 0) is 4.79 Å². The van der Waals surface area contributed by atoms with Crippen LogP contribution in [0.2, 0.25) is 0 Å². The zero-order valence-corrected chi connectivity index (χ0v) is 21.3. The monoisotopic (exact) mass is 428 g/mol. The Kier molecular flexibility index (Phi) is 14.2. The fourth-order valence-corrected chi connectivity index (χ4v) is 3.90. The SMILES string of the molecule is CCN1CCN(C(=O)CCC=C(C)CCC=C(C)CCC=C(C)CCC=C(C)C)CC1. The Hall–Kier alpha value is -1.61. The van der Waals surface area contributed by atoms with Crippen molar-refractivity contribution >= 4 is 5.91 Å². The fourth-order valence-electron chi connectivity index (χ4n) is 3.90. The minimum Gasteiger partial charge on any atom is -0.340 e. The highest BCUT2D eigenvalue weighted by molar-refractivity contribution is 5.76. The van der Waals surface area contributed by atoms with Gasteiger partial charge in [-0.3, -0.25) is 4.79 Å². The molecule has 1 heterocycles. The number of nitrogens with zero attached hydrogens (tertiary/aromatic N) is 2. The second-order valence-electron chi connectivity index (χ2n) is 9.40. The van der Waals surface area contributed by atoms with Crippen LogP contribution in [0.1, 0.15) is 92.9 Å². The van der Waals surface area contributed by atoms with Crippen molar-refractivity contribution in [1.29, 1.82) is 0 Å². The van der Waals surface area contributed by atoms with Crippen LogP contribution < -0.4 is 0 Å². The van der Waals surface area contributed by atoms with Gasteiger partial charge in [0, 0.05) is 32.6 Å². The van der Waals surface area contributed by atoms with Crippen LogP contribution in [-0.4, -0.2) is 48.4 Å². The van der Waals surface area contributed by atoms with Gasteiger partial charge in [-0.25, -0.2) is 0 Å². The predicted molar refractivity (Wildman–Crippen MR) is 136 cm³/mol. The van der Waals surface area contributed by atoms with Gasteiger partial charge in [-0.2, -0.15) is 0 Å². The smallest absolute Gasteiger partial charge is 0.222 e. The van der Waals surface area contributed by atoms with Crippen LogP contribution in [0.15, 0.2) is 46.6 Å². The van der Waals surface area contributed by atoms with Gasteiger partial charge < -0.3 is 9.80 Å². The summed E-state index contributed by atoms with van der Waals surface area (Å²) in [6.45, 7) is 18.1. The van der Waals surface area contributed by atoms with Crippen molar-refractivity contribution in [3.63, 3.8) is 0 Å². The lowest BCUT2D eigenvalue weighted by molar-refractivity contribution is -0.132. The third-order valence-electron chi connectivity index (χ3n) is 6.18. The summed E-state index contributed by atoms with van der Waals surface area (Å²) in [5, 5.41) is 0. The van der Waals surface area contributed by atoms with Crippen molar-refractivity contribution in [3.8, 4) is 0 Å². The third-order valence-corrected chi connectivity index (χ3v) is 6.18. The third kappa shape index (κ3) is 13.4. The van der Waals surface area contributed by atoms with Crippen LogP contribution in [0.4, 0.5) is 0 Å². The van der Waals surface area contributed by atoms with Crippen molar-refractivity contribution < 1.29 is 4.79 Å². The Labute approximate surface area is 193 Å². The van der Waals surface area contributed by atoms with E-state index in [1.165, 1.54) is 28.7 Å². The normalized spacial score (nSPS) is 16.6. The van der Waals surface area contributed by atoms with E-state index in [-0.39, 0.29) is 0 Å². The number of rotatable bonds is 13. The summed E-state index contributed by atoms with van der Waals surface area (Å²) < 4.78 is 0. The van der Waals surface area contributed by atoms with Crippen molar-refractivity contribution in [2.24, 2.45) is 0 Å². The first-order valence-corrected chi connectivity index (χ1v) is 12.4. The van der Waals surface area contributed by atoms with Crippen LogP contribution >= 0.6 is 0 Å². The molecule has 1 amide bonds. The topological polar surface area (TPSA) is 23.6 Å². The standard InChI is InChI=1S/C28H48N2O/c1-7-29-20-22-30(23-21-29)28(31)19-11-18-27(6)17-10-16-26(5)15-9-14-25(4)13-8-12-24(2)3/h12,14,16,18H,7-11,13,15,17,19-23H2,1-6H3. The number of carbonyl (C=O) groups is 1. The second kappa shape index (κ2) is 16.1. The number of piperazine rings is 1. The van der Waals surface area contributed by atoms with Crippen molar-refractivity contribution in [2.45, 2.75) is 92.9 Å². The zero-order valence-electron chi connectivity index (χ0n) is 21.3. The van der Waals surface area contributed by atoms with Gasteiger partial charge >= 0.3 is 0 Å². The Morgan fingerprint density at radius 1 is 0.645 bits per heavy atom. The molecular formula is C28H48N2O. The molecule has 0 saturated carbocycles. The van der Waals surface area contributed by atoms with Gasteiger partial charge in [0.15, 0.2) is 0 Å². The Morgan fingerprint density at radius 3 is 1.48 bits per heavy atom. The van der Waals surface area contributed by atoms with Gasteiger partial charge in [-0.05, 0) is 86.1 Å². The average Bonchev–Trinajstić information content (AvgIpc) is 2.73. The molecule has 0 N–H and O–H groups in total. The van der Waals surface area contributed by atoms with Gasteiger partial charge in [0.25, 0.3) is 0 Å². The maximum absolute atomic E-state index is 12.4. The van der Waals surface area contributed by atoms with E-state index in [1.54, 1.807) is 0 Å². The Morgan fingerprint density at radius 2 is 1.06 bits per heavy atom. The number of hydrogen-bond acceptors (Lipinski definition) is 2. The van der Waals surface area contributed by atoms with Gasteiger partial charge in [-0.15, -0.1) is 0 Å². The number of allylic oxidation sites excluding steroid dienone is 8. The molecule has 31 heavy (non-hydrogen) atoms. The summed E-state index contributed by atoms with van der Waals surface area (Å²) in [4.78, 5) is 16.8. The summed E-state index contributed by atoms with van der Waals surface area (Å²) in [7, 11) is 0. The summed E-state index contributed by atoms with van der Waals surface area (Å²) in [6.07, 6.45) is 17.7. The van der Waals surface area contributed by atoms with E-state index in [0.717, 1.165) is 71.2 Å². The molecule has 0 aliphatic carbocycles. The van der Waals surface area contributed by atoms with E-state index < -0.39 is 0 Å². The lowest BCUT2D eigenvalue weighted by Gasteiger charge is -2.34.